The van der Waals surface area contributed by atoms with Gasteiger partial charge in [-0.2, -0.15) is 0 Å². The highest BCUT2D eigenvalue weighted by Crippen LogP contribution is 2.27. The minimum Gasteiger partial charge on any atom is -0.444 e. The van der Waals surface area contributed by atoms with Crippen LogP contribution in [0, 0.1) is 5.92 Å². The van der Waals surface area contributed by atoms with Crippen molar-refractivity contribution < 1.29 is 14.6 Å². The van der Waals surface area contributed by atoms with E-state index in [1.54, 1.807) is 18.7 Å². The number of carbonyl (C=O) groups excluding carboxylic acids is 1. The van der Waals surface area contributed by atoms with Crippen molar-refractivity contribution in [3.05, 3.63) is 0 Å². The molecule has 1 saturated heterocycles. The second-order valence-electron chi connectivity index (χ2n) is 6.07. The van der Waals surface area contributed by atoms with E-state index in [1.165, 1.54) is 0 Å². The molecule has 0 bridgehead atoms. The molecular formula is C12H23NO3. The van der Waals surface area contributed by atoms with Gasteiger partial charge in [0.15, 0.2) is 0 Å². The van der Waals surface area contributed by atoms with E-state index in [2.05, 4.69) is 0 Å². The number of hydrogen-bond donors (Lipinski definition) is 1. The number of rotatable bonds is 1. The predicted octanol–water partition coefficient (Wildman–Crippen LogP) is 2.01. The summed E-state index contributed by atoms with van der Waals surface area (Å²) in [6, 6.07) is 0. The quantitative estimate of drug-likeness (QED) is 0.748. The lowest BCUT2D eigenvalue weighted by Crippen LogP contribution is -2.38. The SMILES string of the molecule is CC(C)(C)OC(=O)N1CC[C@H](C(C)(C)O)C1. The van der Waals surface area contributed by atoms with Crippen LogP contribution in [0.15, 0.2) is 0 Å². The Morgan fingerprint density at radius 3 is 2.25 bits per heavy atom. The van der Waals surface area contributed by atoms with Gasteiger partial charge >= 0.3 is 6.09 Å². The van der Waals surface area contributed by atoms with E-state index in [1.807, 2.05) is 20.8 Å². The average Bonchev–Trinajstić information content (AvgIpc) is 2.46. The van der Waals surface area contributed by atoms with Crippen LogP contribution >= 0.6 is 0 Å². The number of aliphatic hydroxyl groups is 1. The third-order valence-corrected chi connectivity index (χ3v) is 2.84. The second kappa shape index (κ2) is 4.24. The Balaban J connectivity index is 2.51. The van der Waals surface area contributed by atoms with Gasteiger partial charge in [-0.3, -0.25) is 0 Å². The molecule has 0 aliphatic carbocycles. The van der Waals surface area contributed by atoms with Crippen LogP contribution in [0.5, 0.6) is 0 Å². The number of amides is 1. The third-order valence-electron chi connectivity index (χ3n) is 2.84. The Kier molecular flexibility index (Phi) is 3.53. The average molecular weight is 229 g/mol. The van der Waals surface area contributed by atoms with Crippen molar-refractivity contribution in [2.75, 3.05) is 13.1 Å². The first-order chi connectivity index (χ1) is 7.09. The van der Waals surface area contributed by atoms with Gasteiger partial charge in [-0.25, -0.2) is 4.79 Å². The lowest BCUT2D eigenvalue weighted by Gasteiger charge is -2.27. The Hall–Kier alpha value is -0.770. The van der Waals surface area contributed by atoms with Crippen molar-refractivity contribution >= 4 is 6.09 Å². The molecule has 4 heteroatoms. The number of hydrogen-bond acceptors (Lipinski definition) is 3. The van der Waals surface area contributed by atoms with Crippen LogP contribution in [0.2, 0.25) is 0 Å². The first-order valence-electron chi connectivity index (χ1n) is 5.80. The molecule has 0 aromatic carbocycles. The summed E-state index contributed by atoms with van der Waals surface area (Å²) in [5, 5.41) is 9.87. The first-order valence-corrected chi connectivity index (χ1v) is 5.80. The third kappa shape index (κ3) is 3.67. The predicted molar refractivity (Wildman–Crippen MR) is 62.2 cm³/mol. The Bertz CT molecular complexity index is 262. The maximum absolute atomic E-state index is 11.8. The molecule has 4 nitrogen and oxygen atoms in total. The van der Waals surface area contributed by atoms with E-state index in [9.17, 15) is 9.90 Å². The zero-order valence-corrected chi connectivity index (χ0v) is 10.9. The molecule has 1 aliphatic heterocycles. The zero-order valence-electron chi connectivity index (χ0n) is 10.9. The molecule has 16 heavy (non-hydrogen) atoms. The van der Waals surface area contributed by atoms with Crippen molar-refractivity contribution in [2.45, 2.75) is 52.2 Å². The minimum atomic E-state index is -0.725. The molecule has 0 radical (unpaired) electrons. The highest BCUT2D eigenvalue weighted by molar-refractivity contribution is 5.68. The van der Waals surface area contributed by atoms with Gasteiger partial charge in [0.2, 0.25) is 0 Å². The number of carbonyl (C=O) groups is 1. The number of ether oxygens (including phenoxy) is 1. The Morgan fingerprint density at radius 1 is 1.31 bits per heavy atom. The standard InChI is InChI=1S/C12H23NO3/c1-11(2,3)16-10(14)13-7-6-9(8-13)12(4,5)15/h9,15H,6-8H2,1-5H3/t9-/m0/s1. The summed E-state index contributed by atoms with van der Waals surface area (Å²) in [6.45, 7) is 10.4. The summed E-state index contributed by atoms with van der Waals surface area (Å²) in [7, 11) is 0. The molecular weight excluding hydrogens is 206 g/mol. The van der Waals surface area contributed by atoms with Crippen molar-refractivity contribution in [1.29, 1.82) is 0 Å². The lowest BCUT2D eigenvalue weighted by atomic mass is 9.91. The van der Waals surface area contributed by atoms with Crippen LogP contribution in [0.1, 0.15) is 41.0 Å². The Morgan fingerprint density at radius 2 is 1.88 bits per heavy atom. The fraction of sp³-hybridized carbons (Fsp3) is 0.917. The fourth-order valence-electron chi connectivity index (χ4n) is 1.83. The van der Waals surface area contributed by atoms with Gasteiger partial charge in [-0.1, -0.05) is 0 Å². The molecule has 1 N–H and O–H groups in total. The summed E-state index contributed by atoms with van der Waals surface area (Å²) < 4.78 is 5.29. The molecule has 0 spiro atoms. The summed E-state index contributed by atoms with van der Waals surface area (Å²) in [4.78, 5) is 13.4. The van der Waals surface area contributed by atoms with Gasteiger partial charge in [0, 0.05) is 19.0 Å². The highest BCUT2D eigenvalue weighted by atomic mass is 16.6. The van der Waals surface area contributed by atoms with E-state index in [0.717, 1.165) is 6.42 Å². The van der Waals surface area contributed by atoms with Gasteiger partial charge in [0.1, 0.15) is 5.60 Å². The minimum absolute atomic E-state index is 0.139. The molecule has 1 heterocycles. The molecule has 1 fully saturated rings. The fourth-order valence-corrected chi connectivity index (χ4v) is 1.83. The largest absolute Gasteiger partial charge is 0.444 e. The van der Waals surface area contributed by atoms with Crippen molar-refractivity contribution in [1.82, 2.24) is 4.90 Å². The number of nitrogens with zero attached hydrogens (tertiary/aromatic N) is 1. The number of likely N-dealkylation sites (tertiary alicyclic amines) is 1. The summed E-state index contributed by atoms with van der Waals surface area (Å²) in [5.74, 6) is 0.139. The zero-order chi connectivity index (χ0) is 12.6. The van der Waals surface area contributed by atoms with Crippen molar-refractivity contribution in [3.63, 3.8) is 0 Å². The van der Waals surface area contributed by atoms with E-state index < -0.39 is 11.2 Å². The van der Waals surface area contributed by atoms with Gasteiger partial charge in [0.25, 0.3) is 0 Å². The monoisotopic (exact) mass is 229 g/mol. The molecule has 1 amide bonds. The van der Waals surface area contributed by atoms with Crippen molar-refractivity contribution in [3.8, 4) is 0 Å². The second-order valence-corrected chi connectivity index (χ2v) is 6.07. The van der Waals surface area contributed by atoms with Gasteiger partial charge in [-0.05, 0) is 41.0 Å². The van der Waals surface area contributed by atoms with Crippen LogP contribution in [0.4, 0.5) is 4.79 Å². The molecule has 1 atom stereocenters. The summed E-state index contributed by atoms with van der Waals surface area (Å²) in [5.41, 5.74) is -1.18. The Labute approximate surface area is 97.6 Å². The maximum atomic E-state index is 11.8. The van der Waals surface area contributed by atoms with Crippen LogP contribution in [-0.2, 0) is 4.74 Å². The summed E-state index contributed by atoms with van der Waals surface area (Å²) >= 11 is 0. The van der Waals surface area contributed by atoms with E-state index in [0.29, 0.717) is 13.1 Å². The van der Waals surface area contributed by atoms with Crippen LogP contribution in [0.25, 0.3) is 0 Å². The van der Waals surface area contributed by atoms with E-state index >= 15 is 0 Å². The lowest BCUT2D eigenvalue weighted by molar-refractivity contribution is 0.0115. The van der Waals surface area contributed by atoms with Crippen LogP contribution < -0.4 is 0 Å². The molecule has 1 aliphatic rings. The molecule has 1 rings (SSSR count). The maximum Gasteiger partial charge on any atom is 0.410 e. The molecule has 0 saturated carbocycles. The molecule has 0 aromatic rings. The smallest absolute Gasteiger partial charge is 0.410 e. The summed E-state index contributed by atoms with van der Waals surface area (Å²) in [6.07, 6.45) is 0.558. The van der Waals surface area contributed by atoms with Gasteiger partial charge < -0.3 is 14.7 Å². The topological polar surface area (TPSA) is 49.8 Å². The molecule has 94 valence electrons. The first kappa shape index (κ1) is 13.3. The normalized spacial score (nSPS) is 22.4. The van der Waals surface area contributed by atoms with Gasteiger partial charge in [-0.15, -0.1) is 0 Å². The van der Waals surface area contributed by atoms with Crippen LogP contribution in [0.3, 0.4) is 0 Å². The van der Waals surface area contributed by atoms with Crippen molar-refractivity contribution in [2.24, 2.45) is 5.92 Å². The molecule has 0 unspecified atom stereocenters. The van der Waals surface area contributed by atoms with E-state index in [4.69, 9.17) is 4.74 Å². The van der Waals surface area contributed by atoms with Crippen LogP contribution in [-0.4, -0.2) is 40.4 Å². The van der Waals surface area contributed by atoms with Gasteiger partial charge in [0.05, 0.1) is 5.60 Å². The molecule has 0 aromatic heterocycles. The van der Waals surface area contributed by atoms with E-state index in [-0.39, 0.29) is 12.0 Å². The highest BCUT2D eigenvalue weighted by Gasteiger charge is 2.36.